The number of aromatic nitrogens is 1. The van der Waals surface area contributed by atoms with Crippen molar-refractivity contribution in [2.45, 2.75) is 26.7 Å². The standard InChI is InChI=1S/C19H21N3O2/c1-13-6-5-7-14(2)17(13)21-18(23)15-8-9-20-16(12-15)19(24)22-10-3-4-11-22/h5-9,12H,3-4,10-11H2,1-2H3,(H,21,23). The molecule has 1 fully saturated rings. The van der Waals surface area contributed by atoms with Gasteiger partial charge in [0.05, 0.1) is 0 Å². The van der Waals surface area contributed by atoms with E-state index in [2.05, 4.69) is 10.3 Å². The summed E-state index contributed by atoms with van der Waals surface area (Å²) in [6.45, 7) is 5.44. The van der Waals surface area contributed by atoms with E-state index < -0.39 is 0 Å². The molecule has 1 aromatic heterocycles. The molecule has 0 unspecified atom stereocenters. The summed E-state index contributed by atoms with van der Waals surface area (Å²) < 4.78 is 0. The van der Waals surface area contributed by atoms with Gasteiger partial charge in [-0.2, -0.15) is 0 Å². The zero-order valence-electron chi connectivity index (χ0n) is 14.0. The number of anilines is 1. The maximum absolute atomic E-state index is 12.6. The summed E-state index contributed by atoms with van der Waals surface area (Å²) in [5, 5.41) is 2.94. The number of aryl methyl sites for hydroxylation is 2. The molecule has 2 amide bonds. The topological polar surface area (TPSA) is 62.3 Å². The van der Waals surface area contributed by atoms with E-state index in [1.165, 1.54) is 6.20 Å². The van der Waals surface area contributed by atoms with Crippen molar-refractivity contribution < 1.29 is 9.59 Å². The van der Waals surface area contributed by atoms with E-state index in [4.69, 9.17) is 0 Å². The van der Waals surface area contributed by atoms with Crippen LogP contribution >= 0.6 is 0 Å². The molecule has 3 rings (SSSR count). The van der Waals surface area contributed by atoms with Gasteiger partial charge in [-0.1, -0.05) is 18.2 Å². The average Bonchev–Trinajstić information content (AvgIpc) is 3.12. The van der Waals surface area contributed by atoms with Crippen LogP contribution in [0.2, 0.25) is 0 Å². The average molecular weight is 323 g/mol. The maximum atomic E-state index is 12.6. The van der Waals surface area contributed by atoms with Gasteiger partial charge in [0.1, 0.15) is 5.69 Å². The number of likely N-dealkylation sites (tertiary alicyclic amines) is 1. The fourth-order valence-corrected chi connectivity index (χ4v) is 2.97. The Hall–Kier alpha value is -2.69. The zero-order chi connectivity index (χ0) is 17.1. The summed E-state index contributed by atoms with van der Waals surface area (Å²) in [5.74, 6) is -0.334. The lowest BCUT2D eigenvalue weighted by Gasteiger charge is -2.15. The first-order valence-corrected chi connectivity index (χ1v) is 8.19. The summed E-state index contributed by atoms with van der Waals surface area (Å²) in [7, 11) is 0. The largest absolute Gasteiger partial charge is 0.337 e. The van der Waals surface area contributed by atoms with Crippen LogP contribution in [0.15, 0.2) is 36.5 Å². The lowest BCUT2D eigenvalue weighted by molar-refractivity contribution is 0.0787. The van der Waals surface area contributed by atoms with Gasteiger partial charge in [-0.3, -0.25) is 14.6 Å². The molecule has 0 saturated carbocycles. The molecule has 2 heterocycles. The number of hydrogen-bond donors (Lipinski definition) is 1. The van der Waals surface area contributed by atoms with E-state index in [1.54, 1.807) is 17.0 Å². The minimum Gasteiger partial charge on any atom is -0.337 e. The lowest BCUT2D eigenvalue weighted by atomic mass is 10.1. The number of hydrogen-bond acceptors (Lipinski definition) is 3. The number of nitrogens with zero attached hydrogens (tertiary/aromatic N) is 2. The summed E-state index contributed by atoms with van der Waals surface area (Å²) in [6, 6.07) is 9.07. The minimum absolute atomic E-state index is 0.103. The first-order valence-electron chi connectivity index (χ1n) is 8.19. The van der Waals surface area contributed by atoms with Gasteiger partial charge in [0, 0.05) is 30.5 Å². The Kier molecular flexibility index (Phi) is 4.60. The Labute approximate surface area is 141 Å². The van der Waals surface area contributed by atoms with Gasteiger partial charge < -0.3 is 10.2 Å². The van der Waals surface area contributed by atoms with E-state index in [1.807, 2.05) is 32.0 Å². The SMILES string of the molecule is Cc1cccc(C)c1NC(=O)c1ccnc(C(=O)N2CCCC2)c1. The molecule has 0 radical (unpaired) electrons. The third-order valence-corrected chi connectivity index (χ3v) is 4.35. The van der Waals surface area contributed by atoms with E-state index in [-0.39, 0.29) is 11.8 Å². The second kappa shape index (κ2) is 6.83. The number of benzene rings is 1. The highest BCUT2D eigenvalue weighted by Crippen LogP contribution is 2.20. The van der Waals surface area contributed by atoms with Crippen molar-refractivity contribution in [1.82, 2.24) is 9.88 Å². The van der Waals surface area contributed by atoms with Crippen molar-refractivity contribution in [3.05, 3.63) is 58.9 Å². The predicted octanol–water partition coefficient (Wildman–Crippen LogP) is 3.19. The zero-order valence-corrected chi connectivity index (χ0v) is 14.0. The van der Waals surface area contributed by atoms with Crippen LogP contribution in [0.4, 0.5) is 5.69 Å². The molecule has 1 aliphatic heterocycles. The molecule has 0 spiro atoms. The van der Waals surface area contributed by atoms with Gasteiger partial charge in [0.25, 0.3) is 11.8 Å². The Morgan fingerprint density at radius 3 is 2.42 bits per heavy atom. The second-order valence-corrected chi connectivity index (χ2v) is 6.15. The third-order valence-electron chi connectivity index (χ3n) is 4.35. The van der Waals surface area contributed by atoms with Crippen molar-refractivity contribution in [3.8, 4) is 0 Å². The van der Waals surface area contributed by atoms with Crippen molar-refractivity contribution in [2.24, 2.45) is 0 Å². The van der Waals surface area contributed by atoms with E-state index >= 15 is 0 Å². The van der Waals surface area contributed by atoms with Gasteiger partial charge in [-0.25, -0.2) is 0 Å². The van der Waals surface area contributed by atoms with E-state index in [0.29, 0.717) is 11.3 Å². The molecule has 0 bridgehead atoms. The van der Waals surface area contributed by atoms with Crippen molar-refractivity contribution >= 4 is 17.5 Å². The molecular formula is C19H21N3O2. The normalized spacial score (nSPS) is 13.8. The monoisotopic (exact) mass is 323 g/mol. The molecule has 5 nitrogen and oxygen atoms in total. The van der Waals surface area contributed by atoms with Crippen LogP contribution in [0.5, 0.6) is 0 Å². The highest BCUT2D eigenvalue weighted by atomic mass is 16.2. The lowest BCUT2D eigenvalue weighted by Crippen LogP contribution is -2.28. The maximum Gasteiger partial charge on any atom is 0.272 e. The summed E-state index contributed by atoms with van der Waals surface area (Å²) in [6.07, 6.45) is 3.57. The molecular weight excluding hydrogens is 302 g/mol. The highest BCUT2D eigenvalue weighted by Gasteiger charge is 2.21. The highest BCUT2D eigenvalue weighted by molar-refractivity contribution is 6.06. The molecule has 1 aromatic carbocycles. The molecule has 2 aromatic rings. The van der Waals surface area contributed by atoms with Gasteiger partial charge in [0.15, 0.2) is 0 Å². The Morgan fingerprint density at radius 1 is 1.08 bits per heavy atom. The Morgan fingerprint density at radius 2 is 1.75 bits per heavy atom. The molecule has 0 atom stereocenters. The number of amides is 2. The number of carbonyl (C=O) groups excluding carboxylic acids is 2. The third kappa shape index (κ3) is 3.30. The molecule has 0 aliphatic carbocycles. The van der Waals surface area contributed by atoms with Gasteiger partial charge in [-0.15, -0.1) is 0 Å². The number of nitrogens with one attached hydrogen (secondary N) is 1. The van der Waals surface area contributed by atoms with Crippen molar-refractivity contribution in [1.29, 1.82) is 0 Å². The first-order chi connectivity index (χ1) is 11.6. The number of carbonyl (C=O) groups is 2. The smallest absolute Gasteiger partial charge is 0.272 e. The van der Waals surface area contributed by atoms with E-state index in [9.17, 15) is 9.59 Å². The Bertz CT molecular complexity index is 760. The summed E-state index contributed by atoms with van der Waals surface area (Å²) in [5.41, 5.74) is 3.59. The fourth-order valence-electron chi connectivity index (χ4n) is 2.97. The van der Waals surface area contributed by atoms with E-state index in [0.717, 1.165) is 42.7 Å². The van der Waals surface area contributed by atoms with Crippen LogP contribution in [-0.4, -0.2) is 34.8 Å². The molecule has 1 N–H and O–H groups in total. The number of pyridine rings is 1. The minimum atomic E-state index is -0.231. The van der Waals surface area contributed by atoms with Gasteiger partial charge >= 0.3 is 0 Å². The fraction of sp³-hybridized carbons (Fsp3) is 0.316. The van der Waals surface area contributed by atoms with Crippen LogP contribution in [0.1, 0.15) is 44.8 Å². The van der Waals surface area contributed by atoms with Crippen molar-refractivity contribution in [2.75, 3.05) is 18.4 Å². The van der Waals surface area contributed by atoms with Crippen LogP contribution in [0.3, 0.4) is 0 Å². The summed E-state index contributed by atoms with van der Waals surface area (Å²) >= 11 is 0. The molecule has 5 heteroatoms. The number of rotatable bonds is 3. The quantitative estimate of drug-likeness (QED) is 0.943. The molecule has 124 valence electrons. The van der Waals surface area contributed by atoms with Gasteiger partial charge in [0.2, 0.25) is 0 Å². The first kappa shape index (κ1) is 16.2. The van der Waals surface area contributed by atoms with Gasteiger partial charge in [-0.05, 0) is 49.9 Å². The van der Waals surface area contributed by atoms with Crippen molar-refractivity contribution in [3.63, 3.8) is 0 Å². The molecule has 1 saturated heterocycles. The number of para-hydroxylation sites is 1. The molecule has 24 heavy (non-hydrogen) atoms. The Balaban J connectivity index is 1.80. The predicted molar refractivity (Wildman–Crippen MR) is 93.2 cm³/mol. The van der Waals surface area contributed by atoms with Crippen LogP contribution in [0, 0.1) is 13.8 Å². The van der Waals surface area contributed by atoms with Crippen LogP contribution < -0.4 is 5.32 Å². The second-order valence-electron chi connectivity index (χ2n) is 6.15. The van der Waals surface area contributed by atoms with Crippen LogP contribution in [-0.2, 0) is 0 Å². The summed E-state index contributed by atoms with van der Waals surface area (Å²) in [4.78, 5) is 30.9. The molecule has 1 aliphatic rings. The van der Waals surface area contributed by atoms with Crippen LogP contribution in [0.25, 0.3) is 0 Å².